The molecule has 94 valence electrons. The molecule has 0 spiro atoms. The molecule has 0 aliphatic heterocycles. The van der Waals surface area contributed by atoms with Gasteiger partial charge in [-0.2, -0.15) is 4.40 Å². The lowest BCUT2D eigenvalue weighted by Gasteiger charge is -2.12. The maximum atomic E-state index is 11.7. The van der Waals surface area contributed by atoms with Crippen molar-refractivity contribution in [3.63, 3.8) is 0 Å². The van der Waals surface area contributed by atoms with Crippen LogP contribution in [0.5, 0.6) is 5.88 Å². The number of pyridine rings is 1. The van der Waals surface area contributed by atoms with Gasteiger partial charge in [-0.1, -0.05) is 0 Å². The maximum Gasteiger partial charge on any atom is 0.214 e. The molecule has 0 saturated heterocycles. The van der Waals surface area contributed by atoms with Gasteiger partial charge in [0.2, 0.25) is 5.88 Å². The fourth-order valence-corrected chi connectivity index (χ4v) is 1.84. The Hall–Kier alpha value is -0.750. The number of ether oxygens (including phenoxy) is 1. The molecule has 0 N–H and O–H groups in total. The van der Waals surface area contributed by atoms with Gasteiger partial charge in [-0.15, -0.1) is 0 Å². The zero-order chi connectivity index (χ0) is 13.1. The molecule has 17 heavy (non-hydrogen) atoms. The van der Waals surface area contributed by atoms with E-state index in [4.69, 9.17) is 4.74 Å². The summed E-state index contributed by atoms with van der Waals surface area (Å²) in [5, 5.41) is 0. The maximum absolute atomic E-state index is 11.7. The first kappa shape index (κ1) is 14.3. The summed E-state index contributed by atoms with van der Waals surface area (Å²) in [5.41, 5.74) is 0.767. The molecule has 0 aromatic carbocycles. The molecular formula is C11H15BrN2O2S. The van der Waals surface area contributed by atoms with Crippen LogP contribution in [0.15, 0.2) is 21.1 Å². The molecule has 0 aliphatic rings. The van der Waals surface area contributed by atoms with Crippen molar-refractivity contribution in [3.8, 4) is 5.88 Å². The first-order valence-corrected chi connectivity index (χ1v) is 6.91. The third-order valence-corrected chi connectivity index (χ3v) is 3.85. The first-order valence-electron chi connectivity index (χ1n) is 5.01. The predicted molar refractivity (Wildman–Crippen MR) is 74.0 cm³/mol. The van der Waals surface area contributed by atoms with E-state index in [2.05, 4.69) is 25.3 Å². The molecule has 0 aliphatic carbocycles. The van der Waals surface area contributed by atoms with E-state index < -0.39 is 11.0 Å². The lowest BCUT2D eigenvalue weighted by molar-refractivity contribution is 0.397. The SMILES string of the molecule is COc1ccc(C=NS(=O)C(C)(C)C)c(Br)n1. The summed E-state index contributed by atoms with van der Waals surface area (Å²) in [6, 6.07) is 3.53. The van der Waals surface area contributed by atoms with Crippen LogP contribution in [-0.4, -0.2) is 27.3 Å². The number of halogens is 1. The largest absolute Gasteiger partial charge is 0.481 e. The van der Waals surface area contributed by atoms with Gasteiger partial charge in [-0.05, 0) is 42.8 Å². The standard InChI is InChI=1S/C11H15BrN2O2S/c1-11(2,3)17(15)13-7-8-5-6-9(16-4)14-10(8)12/h5-7H,1-4H3. The average molecular weight is 319 g/mol. The second-order valence-corrected chi connectivity index (χ2v) is 7.01. The Morgan fingerprint density at radius 2 is 2.12 bits per heavy atom. The summed E-state index contributed by atoms with van der Waals surface area (Å²) >= 11 is 3.31. The zero-order valence-corrected chi connectivity index (χ0v) is 12.6. The van der Waals surface area contributed by atoms with Crippen LogP contribution in [0.3, 0.4) is 0 Å². The highest BCUT2D eigenvalue weighted by Gasteiger charge is 2.18. The minimum Gasteiger partial charge on any atom is -0.481 e. The Kier molecular flexibility index (Phi) is 4.82. The highest BCUT2D eigenvalue weighted by Crippen LogP contribution is 2.18. The molecule has 0 bridgehead atoms. The molecule has 1 rings (SSSR count). The summed E-state index contributed by atoms with van der Waals surface area (Å²) in [7, 11) is 0.289. The molecule has 0 radical (unpaired) electrons. The van der Waals surface area contributed by atoms with Crippen molar-refractivity contribution in [1.29, 1.82) is 0 Å². The number of aromatic nitrogens is 1. The zero-order valence-electron chi connectivity index (χ0n) is 10.2. The summed E-state index contributed by atoms with van der Waals surface area (Å²) in [6.45, 7) is 5.63. The molecule has 0 fully saturated rings. The van der Waals surface area contributed by atoms with Crippen LogP contribution in [0.25, 0.3) is 0 Å². The van der Waals surface area contributed by atoms with Crippen LogP contribution in [0, 0.1) is 0 Å². The predicted octanol–water partition coefficient (Wildman–Crippen LogP) is 2.73. The van der Waals surface area contributed by atoms with E-state index in [0.717, 1.165) is 5.56 Å². The molecule has 0 amide bonds. The molecule has 6 heteroatoms. The number of rotatable bonds is 3. The van der Waals surface area contributed by atoms with Crippen LogP contribution in [0.1, 0.15) is 26.3 Å². The van der Waals surface area contributed by atoms with E-state index in [1.54, 1.807) is 25.5 Å². The van der Waals surface area contributed by atoms with Crippen molar-refractivity contribution in [2.24, 2.45) is 4.40 Å². The Morgan fingerprint density at radius 1 is 1.47 bits per heavy atom. The highest BCUT2D eigenvalue weighted by molar-refractivity contribution is 9.10. The average Bonchev–Trinajstić information content (AvgIpc) is 2.25. The fraction of sp³-hybridized carbons (Fsp3) is 0.455. The van der Waals surface area contributed by atoms with Gasteiger partial charge in [0.05, 0.1) is 11.9 Å². The number of nitrogens with zero attached hydrogens (tertiary/aromatic N) is 2. The van der Waals surface area contributed by atoms with Gasteiger partial charge in [-0.25, -0.2) is 9.19 Å². The summed E-state index contributed by atoms with van der Waals surface area (Å²) in [6.07, 6.45) is 1.55. The van der Waals surface area contributed by atoms with Crippen molar-refractivity contribution < 1.29 is 8.95 Å². The van der Waals surface area contributed by atoms with Gasteiger partial charge in [0.25, 0.3) is 0 Å². The van der Waals surface area contributed by atoms with Crippen LogP contribution < -0.4 is 4.74 Å². The lowest BCUT2D eigenvalue weighted by Crippen LogP contribution is -2.19. The molecule has 0 saturated carbocycles. The Bertz CT molecular complexity index is 455. The quantitative estimate of drug-likeness (QED) is 0.636. The monoisotopic (exact) mass is 318 g/mol. The van der Waals surface area contributed by atoms with Gasteiger partial charge < -0.3 is 4.74 Å². The van der Waals surface area contributed by atoms with Gasteiger partial charge in [0, 0.05) is 17.8 Å². The third-order valence-electron chi connectivity index (χ3n) is 1.87. The second kappa shape index (κ2) is 5.73. The molecule has 1 atom stereocenters. The van der Waals surface area contributed by atoms with Crippen molar-refractivity contribution in [1.82, 2.24) is 4.98 Å². The molecular weight excluding hydrogens is 304 g/mol. The van der Waals surface area contributed by atoms with Crippen LogP contribution >= 0.6 is 15.9 Å². The number of hydrogen-bond acceptors (Lipinski definition) is 3. The van der Waals surface area contributed by atoms with Crippen LogP contribution in [-0.2, 0) is 11.0 Å². The number of hydrogen-bond donors (Lipinski definition) is 0. The Labute approximate surface area is 112 Å². The van der Waals surface area contributed by atoms with Gasteiger partial charge >= 0.3 is 0 Å². The van der Waals surface area contributed by atoms with Gasteiger partial charge in [0.15, 0.2) is 0 Å². The molecule has 1 aromatic heterocycles. The van der Waals surface area contributed by atoms with E-state index in [0.29, 0.717) is 10.5 Å². The lowest BCUT2D eigenvalue weighted by atomic mass is 10.3. The minimum atomic E-state index is -1.26. The topological polar surface area (TPSA) is 51.5 Å². The van der Waals surface area contributed by atoms with Crippen molar-refractivity contribution >= 4 is 33.1 Å². The number of methoxy groups -OCH3 is 1. The van der Waals surface area contributed by atoms with Gasteiger partial charge in [0.1, 0.15) is 15.6 Å². The molecule has 4 nitrogen and oxygen atoms in total. The van der Waals surface area contributed by atoms with E-state index in [1.807, 2.05) is 20.8 Å². The van der Waals surface area contributed by atoms with Crippen molar-refractivity contribution in [3.05, 3.63) is 22.3 Å². The van der Waals surface area contributed by atoms with Crippen molar-refractivity contribution in [2.45, 2.75) is 25.5 Å². The molecule has 1 aromatic rings. The Morgan fingerprint density at radius 3 is 2.59 bits per heavy atom. The van der Waals surface area contributed by atoms with Crippen LogP contribution in [0.2, 0.25) is 0 Å². The highest BCUT2D eigenvalue weighted by atomic mass is 79.9. The second-order valence-electron chi connectivity index (χ2n) is 4.33. The van der Waals surface area contributed by atoms with Gasteiger partial charge in [-0.3, -0.25) is 0 Å². The summed E-state index contributed by atoms with van der Waals surface area (Å²) in [4.78, 5) is 4.14. The van der Waals surface area contributed by atoms with E-state index in [1.165, 1.54) is 0 Å². The van der Waals surface area contributed by atoms with E-state index in [-0.39, 0.29) is 4.75 Å². The van der Waals surface area contributed by atoms with E-state index in [9.17, 15) is 4.21 Å². The molecule has 1 unspecified atom stereocenters. The van der Waals surface area contributed by atoms with Crippen LogP contribution in [0.4, 0.5) is 0 Å². The van der Waals surface area contributed by atoms with E-state index >= 15 is 0 Å². The smallest absolute Gasteiger partial charge is 0.214 e. The normalized spacial score (nSPS) is 13.9. The summed E-state index contributed by atoms with van der Waals surface area (Å²) < 4.78 is 21.0. The third kappa shape index (κ3) is 4.20. The fourth-order valence-electron chi connectivity index (χ4n) is 0.901. The molecule has 1 heterocycles. The Balaban J connectivity index is 2.89. The minimum absolute atomic E-state index is 0.358. The van der Waals surface area contributed by atoms with Crippen molar-refractivity contribution in [2.75, 3.05) is 7.11 Å². The summed E-state index contributed by atoms with van der Waals surface area (Å²) in [5.74, 6) is 0.519. The first-order chi connectivity index (χ1) is 7.84.